The number of amides is 3. The first-order valence-corrected chi connectivity index (χ1v) is 7.72. The van der Waals surface area contributed by atoms with Crippen LogP contribution in [0.5, 0.6) is 0 Å². The lowest BCUT2D eigenvalue weighted by Gasteiger charge is -2.04. The number of aromatic nitrogens is 1. The number of hydrogen-bond donors (Lipinski definition) is 2. The molecule has 106 valence electrons. The Morgan fingerprint density at radius 3 is 2.55 bits per heavy atom. The van der Waals surface area contributed by atoms with E-state index < -0.39 is 21.0 Å². The van der Waals surface area contributed by atoms with Gasteiger partial charge in [0.25, 0.3) is 9.05 Å². The first kappa shape index (κ1) is 14.4. The Morgan fingerprint density at radius 1 is 1.30 bits per heavy atom. The van der Waals surface area contributed by atoms with Gasteiger partial charge >= 0.3 is 6.03 Å². The van der Waals surface area contributed by atoms with E-state index in [1.165, 1.54) is 10.8 Å². The molecule has 0 radical (unpaired) electrons. The number of imide groups is 1. The topological polar surface area (TPSA) is 111 Å². The lowest BCUT2D eigenvalue weighted by molar-refractivity contribution is -0.120. The summed E-state index contributed by atoms with van der Waals surface area (Å²) in [5.41, 5.74) is 5.34. The highest BCUT2D eigenvalue weighted by Gasteiger charge is 2.19. The predicted molar refractivity (Wildman–Crippen MR) is 72.7 cm³/mol. The van der Waals surface area contributed by atoms with Crippen LogP contribution in [0.4, 0.5) is 4.79 Å². The molecule has 9 heteroatoms. The van der Waals surface area contributed by atoms with Gasteiger partial charge in [-0.1, -0.05) is 18.2 Å². The summed E-state index contributed by atoms with van der Waals surface area (Å²) in [4.78, 5) is 22.0. The Hall–Kier alpha value is -2.06. The fraction of sp³-hybridized carbons (Fsp3) is 0.0909. The minimum Gasteiger partial charge on any atom is -0.351 e. The minimum absolute atomic E-state index is 0.0957. The molecule has 7 nitrogen and oxygen atoms in total. The lowest BCUT2D eigenvalue weighted by Crippen LogP contribution is -2.37. The first-order valence-electron chi connectivity index (χ1n) is 5.41. The second kappa shape index (κ2) is 5.14. The molecule has 0 spiro atoms. The van der Waals surface area contributed by atoms with Crippen molar-refractivity contribution in [3.05, 3.63) is 30.5 Å². The number of nitrogens with two attached hydrogens (primary N) is 1. The molecule has 0 atom stereocenters. The molecule has 20 heavy (non-hydrogen) atoms. The zero-order valence-electron chi connectivity index (χ0n) is 10.0. The second-order valence-electron chi connectivity index (χ2n) is 3.99. The molecule has 1 heterocycles. The Kier molecular flexibility index (Phi) is 3.69. The summed E-state index contributed by atoms with van der Waals surface area (Å²) >= 11 is 0. The van der Waals surface area contributed by atoms with E-state index in [-0.39, 0.29) is 11.4 Å². The normalized spacial score (nSPS) is 11.4. The monoisotopic (exact) mass is 315 g/mol. The molecule has 0 bridgehead atoms. The van der Waals surface area contributed by atoms with Crippen LogP contribution in [0.1, 0.15) is 0 Å². The van der Waals surface area contributed by atoms with E-state index in [0.717, 1.165) is 0 Å². The van der Waals surface area contributed by atoms with Crippen LogP contribution in [0.3, 0.4) is 0 Å². The molecular formula is C11H10ClN3O4S. The van der Waals surface area contributed by atoms with Gasteiger partial charge in [-0.25, -0.2) is 13.2 Å². The van der Waals surface area contributed by atoms with Crippen molar-refractivity contribution in [2.45, 2.75) is 11.4 Å². The average Bonchev–Trinajstić information content (AvgIpc) is 2.67. The van der Waals surface area contributed by atoms with Gasteiger partial charge in [0.05, 0.1) is 0 Å². The SMILES string of the molecule is NC(=O)NC(=O)Cn1cc(S(=O)(=O)Cl)c2ccccc21. The molecule has 0 aliphatic carbocycles. The van der Waals surface area contributed by atoms with Gasteiger partial charge in [-0.2, -0.15) is 0 Å². The van der Waals surface area contributed by atoms with Crippen molar-refractivity contribution in [3.8, 4) is 0 Å². The van der Waals surface area contributed by atoms with Crippen molar-refractivity contribution >= 4 is 42.6 Å². The van der Waals surface area contributed by atoms with Gasteiger partial charge in [0.15, 0.2) is 0 Å². The summed E-state index contributed by atoms with van der Waals surface area (Å²) in [6.07, 6.45) is 1.24. The highest BCUT2D eigenvalue weighted by molar-refractivity contribution is 8.14. The summed E-state index contributed by atoms with van der Waals surface area (Å²) in [6.45, 7) is -0.254. The molecule has 0 unspecified atom stereocenters. The summed E-state index contributed by atoms with van der Waals surface area (Å²) in [6, 6.07) is 5.58. The van der Waals surface area contributed by atoms with Crippen LogP contribution in [-0.2, 0) is 20.4 Å². The number of halogens is 1. The molecule has 3 N–H and O–H groups in total. The highest BCUT2D eigenvalue weighted by Crippen LogP contribution is 2.27. The van der Waals surface area contributed by atoms with E-state index >= 15 is 0 Å². The van der Waals surface area contributed by atoms with E-state index in [4.69, 9.17) is 16.4 Å². The van der Waals surface area contributed by atoms with E-state index in [2.05, 4.69) is 0 Å². The number of rotatable bonds is 3. The Balaban J connectivity index is 2.50. The van der Waals surface area contributed by atoms with Crippen molar-refractivity contribution < 1.29 is 18.0 Å². The number of para-hydroxylation sites is 1. The van der Waals surface area contributed by atoms with Gasteiger partial charge in [-0.15, -0.1) is 0 Å². The Morgan fingerprint density at radius 2 is 1.95 bits per heavy atom. The van der Waals surface area contributed by atoms with Crippen LogP contribution < -0.4 is 11.1 Å². The maximum Gasteiger partial charge on any atom is 0.318 e. The Bertz CT molecular complexity index is 797. The maximum absolute atomic E-state index is 11.5. The number of urea groups is 1. The van der Waals surface area contributed by atoms with E-state index in [0.29, 0.717) is 10.9 Å². The molecule has 0 saturated carbocycles. The zero-order chi connectivity index (χ0) is 14.9. The van der Waals surface area contributed by atoms with Crippen molar-refractivity contribution in [2.24, 2.45) is 5.73 Å². The summed E-state index contributed by atoms with van der Waals surface area (Å²) in [5.74, 6) is -0.656. The van der Waals surface area contributed by atoms with Gasteiger partial charge < -0.3 is 10.3 Å². The molecule has 0 fully saturated rings. The number of nitrogens with one attached hydrogen (secondary N) is 1. The summed E-state index contributed by atoms with van der Waals surface area (Å²) in [7, 11) is 1.42. The zero-order valence-corrected chi connectivity index (χ0v) is 11.6. The average molecular weight is 316 g/mol. The van der Waals surface area contributed by atoms with Crippen LogP contribution in [0.25, 0.3) is 10.9 Å². The van der Waals surface area contributed by atoms with Gasteiger partial charge in [0, 0.05) is 27.8 Å². The van der Waals surface area contributed by atoms with Crippen LogP contribution in [0.15, 0.2) is 35.4 Å². The van der Waals surface area contributed by atoms with Crippen molar-refractivity contribution in [1.29, 1.82) is 0 Å². The van der Waals surface area contributed by atoms with Crippen molar-refractivity contribution in [1.82, 2.24) is 9.88 Å². The van der Waals surface area contributed by atoms with Crippen molar-refractivity contribution in [3.63, 3.8) is 0 Å². The third-order valence-electron chi connectivity index (χ3n) is 2.59. The van der Waals surface area contributed by atoms with Gasteiger partial charge in [0.1, 0.15) is 11.4 Å². The quantitative estimate of drug-likeness (QED) is 0.814. The molecule has 2 aromatic rings. The van der Waals surface area contributed by atoms with E-state index in [1.54, 1.807) is 24.3 Å². The predicted octanol–water partition coefficient (Wildman–Crippen LogP) is 0.764. The number of hydrogen-bond acceptors (Lipinski definition) is 4. The van der Waals surface area contributed by atoms with Gasteiger partial charge in [-0.3, -0.25) is 10.1 Å². The Labute approximate surface area is 118 Å². The minimum atomic E-state index is -3.94. The van der Waals surface area contributed by atoms with Crippen LogP contribution >= 0.6 is 10.7 Å². The third-order valence-corrected chi connectivity index (χ3v) is 3.94. The number of primary amides is 1. The third kappa shape index (κ3) is 2.91. The molecule has 0 saturated heterocycles. The molecule has 0 aliphatic heterocycles. The molecule has 3 amide bonds. The summed E-state index contributed by atoms with van der Waals surface area (Å²) in [5, 5.41) is 2.30. The van der Waals surface area contributed by atoms with Crippen LogP contribution in [-0.4, -0.2) is 24.9 Å². The molecular weight excluding hydrogens is 306 g/mol. The van der Waals surface area contributed by atoms with Gasteiger partial charge in [-0.05, 0) is 6.07 Å². The molecule has 1 aromatic heterocycles. The van der Waals surface area contributed by atoms with Crippen LogP contribution in [0.2, 0.25) is 0 Å². The largest absolute Gasteiger partial charge is 0.351 e. The molecule has 2 rings (SSSR count). The van der Waals surface area contributed by atoms with E-state index in [1.807, 2.05) is 5.32 Å². The fourth-order valence-electron chi connectivity index (χ4n) is 1.87. The van der Waals surface area contributed by atoms with Gasteiger partial charge in [0.2, 0.25) is 5.91 Å². The first-order chi connectivity index (χ1) is 9.29. The number of fused-ring (bicyclic) bond motifs is 1. The number of carbonyl (C=O) groups excluding carboxylic acids is 2. The number of carbonyl (C=O) groups is 2. The van der Waals surface area contributed by atoms with E-state index in [9.17, 15) is 18.0 Å². The van der Waals surface area contributed by atoms with Crippen molar-refractivity contribution in [2.75, 3.05) is 0 Å². The number of benzene rings is 1. The summed E-state index contributed by atoms with van der Waals surface area (Å²) < 4.78 is 24.4. The molecule has 1 aromatic carbocycles. The number of nitrogens with zero attached hydrogens (tertiary/aromatic N) is 1. The lowest BCUT2D eigenvalue weighted by atomic mass is 10.2. The maximum atomic E-state index is 11.5. The molecule has 0 aliphatic rings. The highest BCUT2D eigenvalue weighted by atomic mass is 35.7. The fourth-order valence-corrected chi connectivity index (χ4v) is 2.93. The second-order valence-corrected chi connectivity index (χ2v) is 6.52. The van der Waals surface area contributed by atoms with Crippen LogP contribution in [0, 0.1) is 0 Å². The standard InChI is InChI=1S/C11H10ClN3O4S/c12-20(18,19)9-5-15(6-10(16)14-11(13)17)8-4-2-1-3-7(8)9/h1-5H,6H2,(H3,13,14,16,17). The smallest absolute Gasteiger partial charge is 0.318 e.